The number of rotatable bonds is 24. The van der Waals surface area contributed by atoms with Crippen molar-refractivity contribution in [1.82, 2.24) is 26.6 Å². The maximum atomic E-state index is 13.7. The molecule has 0 saturated heterocycles. The third kappa shape index (κ3) is 18.2. The van der Waals surface area contributed by atoms with Crippen LogP contribution in [0.25, 0.3) is 0 Å². The number of aliphatic hydroxyl groups is 1. The van der Waals surface area contributed by atoms with Crippen molar-refractivity contribution in [2.75, 3.05) is 13.2 Å². The van der Waals surface area contributed by atoms with Crippen LogP contribution in [0.15, 0.2) is 35.3 Å². The lowest BCUT2D eigenvalue weighted by atomic mass is 9.99. The zero-order valence-corrected chi connectivity index (χ0v) is 30.7. The number of hydrogen-bond acceptors (Lipinski definition) is 10. The fraction of sp³-hybridized carbons (Fsp3) is 0.588. The number of aliphatic hydroxyl groups excluding tert-OH is 1. The van der Waals surface area contributed by atoms with Gasteiger partial charge in [0.2, 0.25) is 35.4 Å². The van der Waals surface area contributed by atoms with Crippen LogP contribution >= 0.6 is 0 Å². The maximum absolute atomic E-state index is 13.7. The van der Waals surface area contributed by atoms with E-state index in [2.05, 4.69) is 31.6 Å². The molecule has 0 aliphatic carbocycles. The molecule has 0 aromatic heterocycles. The van der Waals surface area contributed by atoms with Crippen LogP contribution in [0.3, 0.4) is 0 Å². The van der Waals surface area contributed by atoms with Gasteiger partial charge in [-0.25, -0.2) is 4.79 Å². The summed E-state index contributed by atoms with van der Waals surface area (Å²) in [5.74, 6) is -7.03. The van der Waals surface area contributed by atoms with Gasteiger partial charge in [0, 0.05) is 6.54 Å². The minimum atomic E-state index is -1.67. The van der Waals surface area contributed by atoms with Gasteiger partial charge in [-0.15, -0.1) is 0 Å². The van der Waals surface area contributed by atoms with Crippen molar-refractivity contribution in [3.8, 4) is 0 Å². The maximum Gasteiger partial charge on any atom is 0.326 e. The zero-order chi connectivity index (χ0) is 40.2. The standard InChI is InChI=1S/C34H56N10O9/c1-18(2)13-23(30(49)40-22(11-8-12-39-34(37)38)29(48)43-25(33(52)53)16-27(36)46)41-31(50)24(14-19(3)4)42-32(51)26(17-45)44-28(47)21(35)15-20-9-6-5-7-10-20/h5-7,9-10,18-19,21-26,45H,8,11-17,35H2,1-4H3,(H2,36,46)(H,40,49)(H,41,50)(H,42,51)(H,43,48)(H,44,47)(H,52,53)(H4,37,38,39). The minimum Gasteiger partial charge on any atom is -0.480 e. The number of benzene rings is 1. The Bertz CT molecular complexity index is 1420. The van der Waals surface area contributed by atoms with E-state index < -0.39 is 90.7 Å². The lowest BCUT2D eigenvalue weighted by Crippen LogP contribution is -2.60. The molecule has 6 amide bonds. The van der Waals surface area contributed by atoms with Crippen molar-refractivity contribution in [2.24, 2.45) is 39.8 Å². The highest BCUT2D eigenvalue weighted by Gasteiger charge is 2.33. The number of carbonyl (C=O) groups is 7. The highest BCUT2D eigenvalue weighted by atomic mass is 16.4. The summed E-state index contributed by atoms with van der Waals surface area (Å²) < 4.78 is 0. The number of carboxylic acids is 1. The Hall–Kier alpha value is -5.30. The number of primary amides is 1. The van der Waals surface area contributed by atoms with Crippen molar-refractivity contribution < 1.29 is 43.8 Å². The topological polar surface area (TPSA) is 337 Å². The highest BCUT2D eigenvalue weighted by molar-refractivity contribution is 5.96. The number of nitrogens with one attached hydrogen (secondary N) is 5. The van der Waals surface area contributed by atoms with Crippen molar-refractivity contribution in [1.29, 1.82) is 0 Å². The van der Waals surface area contributed by atoms with Gasteiger partial charge in [-0.1, -0.05) is 58.0 Å². The number of nitrogens with two attached hydrogens (primary N) is 4. The first-order chi connectivity index (χ1) is 24.8. The monoisotopic (exact) mass is 748 g/mol. The summed E-state index contributed by atoms with van der Waals surface area (Å²) in [6, 6.07) is 1.04. The minimum absolute atomic E-state index is 0.0606. The Kier molecular flexibility index (Phi) is 20.1. The van der Waals surface area contributed by atoms with E-state index >= 15 is 0 Å². The summed E-state index contributed by atoms with van der Waals surface area (Å²) in [6.07, 6.45) is -0.208. The second kappa shape index (κ2) is 23.3. The SMILES string of the molecule is CC(C)CC(NC(=O)C(CO)NC(=O)C(N)Cc1ccccc1)C(=O)NC(CC(C)C)C(=O)NC(CCCN=C(N)N)C(=O)NC(CC(N)=O)C(=O)O. The predicted octanol–water partition coefficient (Wildman–Crippen LogP) is -2.92. The van der Waals surface area contributed by atoms with Gasteiger partial charge in [-0.3, -0.25) is 33.8 Å². The summed E-state index contributed by atoms with van der Waals surface area (Å²) in [6.45, 7) is 6.45. The number of carbonyl (C=O) groups excluding carboxylic acids is 6. The summed E-state index contributed by atoms with van der Waals surface area (Å²) in [5, 5.41) is 31.8. The molecule has 1 aromatic carbocycles. The first kappa shape index (κ1) is 45.7. The number of guanidine groups is 1. The molecule has 6 atom stereocenters. The summed E-state index contributed by atoms with van der Waals surface area (Å²) in [7, 11) is 0. The highest BCUT2D eigenvalue weighted by Crippen LogP contribution is 2.11. The van der Waals surface area contributed by atoms with Gasteiger partial charge >= 0.3 is 5.97 Å². The van der Waals surface area contributed by atoms with Crippen LogP contribution in [0.4, 0.5) is 0 Å². The molecule has 1 aromatic rings. The van der Waals surface area contributed by atoms with E-state index in [0.717, 1.165) is 5.56 Å². The van der Waals surface area contributed by atoms with Crippen molar-refractivity contribution >= 4 is 47.4 Å². The summed E-state index contributed by atoms with van der Waals surface area (Å²) >= 11 is 0. The molecule has 6 unspecified atom stereocenters. The van der Waals surface area contributed by atoms with Gasteiger partial charge in [-0.2, -0.15) is 0 Å². The average molecular weight is 749 g/mol. The van der Waals surface area contributed by atoms with Gasteiger partial charge < -0.3 is 59.7 Å². The Labute approximate surface area is 308 Å². The smallest absolute Gasteiger partial charge is 0.326 e. The van der Waals surface area contributed by atoms with Gasteiger partial charge in [-0.05, 0) is 49.5 Å². The van der Waals surface area contributed by atoms with Crippen LogP contribution in [0.2, 0.25) is 0 Å². The number of aliphatic imine (C=N–C) groups is 1. The van der Waals surface area contributed by atoms with E-state index in [4.69, 9.17) is 22.9 Å². The molecule has 0 heterocycles. The molecule has 0 radical (unpaired) electrons. The Morgan fingerprint density at radius 1 is 0.679 bits per heavy atom. The van der Waals surface area contributed by atoms with Gasteiger partial charge in [0.15, 0.2) is 5.96 Å². The normalized spacial score (nSPS) is 14.4. The molecule has 19 nitrogen and oxygen atoms in total. The largest absolute Gasteiger partial charge is 0.480 e. The van der Waals surface area contributed by atoms with Crippen LogP contribution in [0, 0.1) is 11.8 Å². The zero-order valence-electron chi connectivity index (χ0n) is 30.7. The Balaban J connectivity index is 3.18. The van der Waals surface area contributed by atoms with Gasteiger partial charge in [0.1, 0.15) is 30.2 Å². The second-order valence-electron chi connectivity index (χ2n) is 13.5. The number of nitrogens with zero attached hydrogens (tertiary/aromatic N) is 1. The van der Waals surface area contributed by atoms with Crippen LogP contribution < -0.4 is 49.5 Å². The fourth-order valence-corrected chi connectivity index (χ4v) is 5.10. The molecule has 0 aliphatic heterocycles. The van der Waals surface area contributed by atoms with E-state index in [-0.39, 0.29) is 56.4 Å². The number of hydrogen-bond donors (Lipinski definition) is 11. The summed E-state index contributed by atoms with van der Waals surface area (Å²) in [4.78, 5) is 93.5. The molecule has 0 saturated carbocycles. The quantitative estimate of drug-likeness (QED) is 0.0288. The lowest BCUT2D eigenvalue weighted by molar-refractivity contribution is -0.143. The summed E-state index contributed by atoms with van der Waals surface area (Å²) in [5.41, 5.74) is 22.7. The number of amides is 6. The van der Waals surface area contributed by atoms with Crippen molar-refractivity contribution in [2.45, 2.75) is 102 Å². The third-order valence-electron chi connectivity index (χ3n) is 7.73. The molecule has 0 fully saturated rings. The molecule has 15 N–H and O–H groups in total. The fourth-order valence-electron chi connectivity index (χ4n) is 5.10. The third-order valence-corrected chi connectivity index (χ3v) is 7.73. The first-order valence-corrected chi connectivity index (χ1v) is 17.3. The number of carboxylic acid groups (broad SMARTS) is 1. The van der Waals surface area contributed by atoms with Crippen LogP contribution in [-0.2, 0) is 40.0 Å². The van der Waals surface area contributed by atoms with E-state index in [1.807, 2.05) is 6.07 Å². The van der Waals surface area contributed by atoms with Gasteiger partial charge in [0.25, 0.3) is 0 Å². The van der Waals surface area contributed by atoms with E-state index in [0.29, 0.717) is 0 Å². The molecule has 53 heavy (non-hydrogen) atoms. The van der Waals surface area contributed by atoms with Gasteiger partial charge in [0.05, 0.1) is 19.1 Å². The Morgan fingerprint density at radius 2 is 1.13 bits per heavy atom. The molecule has 0 aliphatic rings. The predicted molar refractivity (Wildman–Crippen MR) is 195 cm³/mol. The second-order valence-corrected chi connectivity index (χ2v) is 13.5. The molecule has 1 rings (SSSR count). The van der Waals surface area contributed by atoms with Crippen molar-refractivity contribution in [3.05, 3.63) is 35.9 Å². The van der Waals surface area contributed by atoms with E-state index in [9.17, 15) is 43.8 Å². The molecular formula is C34H56N10O9. The lowest BCUT2D eigenvalue weighted by Gasteiger charge is -2.28. The molecule has 0 bridgehead atoms. The van der Waals surface area contributed by atoms with E-state index in [1.165, 1.54) is 0 Å². The van der Waals surface area contributed by atoms with E-state index in [1.54, 1.807) is 52.0 Å². The van der Waals surface area contributed by atoms with Crippen LogP contribution in [-0.4, -0.2) is 107 Å². The molecule has 19 heteroatoms. The average Bonchev–Trinajstić information content (AvgIpc) is 3.06. The van der Waals surface area contributed by atoms with Crippen molar-refractivity contribution in [3.63, 3.8) is 0 Å². The molecular weight excluding hydrogens is 692 g/mol. The van der Waals surface area contributed by atoms with Crippen LogP contribution in [0.5, 0.6) is 0 Å². The molecule has 296 valence electrons. The first-order valence-electron chi connectivity index (χ1n) is 17.3. The Morgan fingerprint density at radius 3 is 1.58 bits per heavy atom. The number of aliphatic carboxylic acids is 1. The molecule has 0 spiro atoms. The van der Waals surface area contributed by atoms with Crippen LogP contribution in [0.1, 0.15) is 65.4 Å².